The van der Waals surface area contributed by atoms with E-state index in [1.54, 1.807) is 0 Å². The molecule has 1 aromatic rings. The molecule has 0 bridgehead atoms. The number of nitrogens with zero attached hydrogens (tertiary/aromatic N) is 1. The van der Waals surface area contributed by atoms with Gasteiger partial charge in [0.2, 0.25) is 0 Å². The summed E-state index contributed by atoms with van der Waals surface area (Å²) in [5, 5.41) is 7.07. The molecule has 1 aliphatic heterocycles. The second kappa shape index (κ2) is 5.08. The maximum atomic E-state index is 4.73. The van der Waals surface area contributed by atoms with Crippen LogP contribution in [0, 0.1) is 5.92 Å². The minimum atomic E-state index is 0.532. The van der Waals surface area contributed by atoms with Crippen LogP contribution in [0.1, 0.15) is 49.9 Å². The first-order chi connectivity index (χ1) is 7.25. The highest BCUT2D eigenvalue weighted by molar-refractivity contribution is 7.09. The van der Waals surface area contributed by atoms with Gasteiger partial charge in [-0.1, -0.05) is 20.3 Å². The molecule has 0 amide bonds. The van der Waals surface area contributed by atoms with Crippen LogP contribution in [-0.2, 0) is 6.42 Å². The lowest BCUT2D eigenvalue weighted by molar-refractivity contribution is 0.410. The Hall–Kier alpha value is -0.410. The normalized spacial score (nSPS) is 22.2. The van der Waals surface area contributed by atoms with Crippen molar-refractivity contribution in [2.24, 2.45) is 5.92 Å². The summed E-state index contributed by atoms with van der Waals surface area (Å²) in [5.74, 6) is 0.708. The average molecular weight is 224 g/mol. The van der Waals surface area contributed by atoms with E-state index in [1.165, 1.54) is 30.0 Å². The Morgan fingerprint density at radius 3 is 3.07 bits per heavy atom. The average Bonchev–Trinajstić information content (AvgIpc) is 2.67. The van der Waals surface area contributed by atoms with Crippen LogP contribution < -0.4 is 5.32 Å². The molecule has 1 fully saturated rings. The van der Waals surface area contributed by atoms with Gasteiger partial charge >= 0.3 is 0 Å². The molecule has 2 heterocycles. The van der Waals surface area contributed by atoms with Crippen LogP contribution in [0.25, 0.3) is 0 Å². The Morgan fingerprint density at radius 1 is 1.53 bits per heavy atom. The summed E-state index contributed by atoms with van der Waals surface area (Å²) in [5.41, 5.74) is 1.28. The quantitative estimate of drug-likeness (QED) is 0.853. The smallest absolute Gasteiger partial charge is 0.110 e. The molecule has 1 unspecified atom stereocenters. The molecule has 15 heavy (non-hydrogen) atoms. The minimum Gasteiger partial charge on any atom is -0.308 e. The van der Waals surface area contributed by atoms with E-state index >= 15 is 0 Å². The number of rotatable bonds is 3. The minimum absolute atomic E-state index is 0.532. The molecule has 3 heteroatoms. The van der Waals surface area contributed by atoms with Gasteiger partial charge < -0.3 is 5.32 Å². The van der Waals surface area contributed by atoms with Crippen LogP contribution in [0.15, 0.2) is 5.38 Å². The SMILES string of the molecule is CC(C)Cc1csc(C2CCCCN2)n1. The van der Waals surface area contributed by atoms with Gasteiger partial charge in [-0.05, 0) is 31.7 Å². The molecule has 0 aliphatic carbocycles. The molecule has 0 radical (unpaired) electrons. The fourth-order valence-corrected chi connectivity index (χ4v) is 3.00. The molecule has 1 atom stereocenters. The Bertz CT molecular complexity index is 300. The Labute approximate surface area is 96.1 Å². The van der Waals surface area contributed by atoms with Crippen molar-refractivity contribution in [1.29, 1.82) is 0 Å². The lowest BCUT2D eigenvalue weighted by atomic mass is 10.1. The van der Waals surface area contributed by atoms with Crippen LogP contribution >= 0.6 is 11.3 Å². The number of hydrogen-bond donors (Lipinski definition) is 1. The van der Waals surface area contributed by atoms with Gasteiger partial charge in [0.1, 0.15) is 5.01 Å². The summed E-state index contributed by atoms with van der Waals surface area (Å²) < 4.78 is 0. The summed E-state index contributed by atoms with van der Waals surface area (Å²) in [6.07, 6.45) is 5.04. The first-order valence-corrected chi connectivity index (χ1v) is 6.81. The van der Waals surface area contributed by atoms with E-state index < -0.39 is 0 Å². The van der Waals surface area contributed by atoms with E-state index in [4.69, 9.17) is 4.98 Å². The lowest BCUT2D eigenvalue weighted by Gasteiger charge is -2.21. The number of piperidine rings is 1. The summed E-state index contributed by atoms with van der Waals surface area (Å²) in [7, 11) is 0. The van der Waals surface area contributed by atoms with Gasteiger partial charge in [-0.3, -0.25) is 0 Å². The van der Waals surface area contributed by atoms with Crippen molar-refractivity contribution in [3.63, 3.8) is 0 Å². The molecule has 0 spiro atoms. The largest absolute Gasteiger partial charge is 0.308 e. The standard InChI is InChI=1S/C12H20N2S/c1-9(2)7-10-8-15-12(14-10)11-5-3-4-6-13-11/h8-9,11,13H,3-7H2,1-2H3. The van der Waals surface area contributed by atoms with E-state index in [2.05, 4.69) is 24.5 Å². The van der Waals surface area contributed by atoms with Gasteiger partial charge in [0.05, 0.1) is 11.7 Å². The van der Waals surface area contributed by atoms with Crippen LogP contribution in [-0.4, -0.2) is 11.5 Å². The topological polar surface area (TPSA) is 24.9 Å². The highest BCUT2D eigenvalue weighted by Gasteiger charge is 2.17. The second-order valence-electron chi connectivity index (χ2n) is 4.78. The van der Waals surface area contributed by atoms with Crippen molar-refractivity contribution in [2.75, 3.05) is 6.54 Å². The molecule has 1 saturated heterocycles. The van der Waals surface area contributed by atoms with Crippen molar-refractivity contribution in [3.8, 4) is 0 Å². The zero-order chi connectivity index (χ0) is 10.7. The molecule has 0 saturated carbocycles. The molecule has 0 aromatic carbocycles. The highest BCUT2D eigenvalue weighted by atomic mass is 32.1. The lowest BCUT2D eigenvalue weighted by Crippen LogP contribution is -2.26. The molecule has 1 aliphatic rings. The molecule has 2 nitrogen and oxygen atoms in total. The highest BCUT2D eigenvalue weighted by Crippen LogP contribution is 2.26. The van der Waals surface area contributed by atoms with Crippen molar-refractivity contribution in [1.82, 2.24) is 10.3 Å². The van der Waals surface area contributed by atoms with Crippen LogP contribution in [0.2, 0.25) is 0 Å². The van der Waals surface area contributed by atoms with E-state index in [0.29, 0.717) is 12.0 Å². The molecule has 1 aromatic heterocycles. The second-order valence-corrected chi connectivity index (χ2v) is 5.67. The predicted octanol–water partition coefficient (Wildman–Crippen LogP) is 3.16. The summed E-state index contributed by atoms with van der Waals surface area (Å²) in [6, 6.07) is 0.532. The van der Waals surface area contributed by atoms with E-state index in [9.17, 15) is 0 Å². The predicted molar refractivity (Wildman–Crippen MR) is 65.3 cm³/mol. The number of aromatic nitrogens is 1. The molecular formula is C12H20N2S. The van der Waals surface area contributed by atoms with Gasteiger partial charge in [-0.15, -0.1) is 11.3 Å². The van der Waals surface area contributed by atoms with Crippen molar-refractivity contribution in [3.05, 3.63) is 16.1 Å². The zero-order valence-electron chi connectivity index (χ0n) is 9.62. The van der Waals surface area contributed by atoms with Crippen LogP contribution in [0.4, 0.5) is 0 Å². The monoisotopic (exact) mass is 224 g/mol. The summed E-state index contributed by atoms with van der Waals surface area (Å²) in [4.78, 5) is 4.73. The van der Waals surface area contributed by atoms with Crippen molar-refractivity contribution >= 4 is 11.3 Å². The van der Waals surface area contributed by atoms with Crippen molar-refractivity contribution in [2.45, 2.75) is 45.6 Å². The van der Waals surface area contributed by atoms with E-state index in [-0.39, 0.29) is 0 Å². The maximum absolute atomic E-state index is 4.73. The van der Waals surface area contributed by atoms with Gasteiger partial charge in [0.25, 0.3) is 0 Å². The van der Waals surface area contributed by atoms with Gasteiger partial charge in [-0.25, -0.2) is 4.98 Å². The van der Waals surface area contributed by atoms with Gasteiger partial charge in [0.15, 0.2) is 0 Å². The fourth-order valence-electron chi connectivity index (χ4n) is 2.06. The molecular weight excluding hydrogens is 204 g/mol. The third-order valence-corrected chi connectivity index (χ3v) is 3.80. The Kier molecular flexibility index (Phi) is 3.76. The van der Waals surface area contributed by atoms with Crippen molar-refractivity contribution < 1.29 is 0 Å². The van der Waals surface area contributed by atoms with E-state index in [0.717, 1.165) is 13.0 Å². The summed E-state index contributed by atoms with van der Waals surface area (Å²) >= 11 is 1.82. The van der Waals surface area contributed by atoms with Gasteiger partial charge in [0, 0.05) is 5.38 Å². The molecule has 2 rings (SSSR count). The first kappa shape index (κ1) is 11.1. The zero-order valence-corrected chi connectivity index (χ0v) is 10.4. The van der Waals surface area contributed by atoms with Crippen LogP contribution in [0.5, 0.6) is 0 Å². The Morgan fingerprint density at radius 2 is 2.40 bits per heavy atom. The van der Waals surface area contributed by atoms with E-state index in [1.807, 2.05) is 11.3 Å². The Balaban J connectivity index is 1.99. The number of hydrogen-bond acceptors (Lipinski definition) is 3. The summed E-state index contributed by atoms with van der Waals surface area (Å²) in [6.45, 7) is 5.65. The first-order valence-electron chi connectivity index (χ1n) is 5.93. The third-order valence-electron chi connectivity index (χ3n) is 2.80. The number of nitrogens with one attached hydrogen (secondary N) is 1. The molecule has 1 N–H and O–H groups in total. The van der Waals surface area contributed by atoms with Crippen LogP contribution in [0.3, 0.4) is 0 Å². The van der Waals surface area contributed by atoms with Gasteiger partial charge in [-0.2, -0.15) is 0 Å². The fraction of sp³-hybridized carbons (Fsp3) is 0.750. The third kappa shape index (κ3) is 3.02. The maximum Gasteiger partial charge on any atom is 0.110 e. The molecule has 84 valence electrons. The number of thiazole rings is 1.